The largest absolute Gasteiger partial charge is 0.465 e. The Morgan fingerprint density at radius 1 is 1.24 bits per heavy atom. The predicted octanol–water partition coefficient (Wildman–Crippen LogP) is 1.26. The van der Waals surface area contributed by atoms with E-state index in [-0.39, 0.29) is 11.3 Å². The van der Waals surface area contributed by atoms with Gasteiger partial charge >= 0.3 is 22.3 Å². The van der Waals surface area contributed by atoms with Gasteiger partial charge in [0.25, 0.3) is 0 Å². The van der Waals surface area contributed by atoms with Crippen molar-refractivity contribution in [2.45, 2.75) is 20.0 Å². The normalized spacial score (nSPS) is 10.9. The lowest BCUT2D eigenvalue weighted by Crippen LogP contribution is -2.36. The van der Waals surface area contributed by atoms with Crippen molar-refractivity contribution in [2.24, 2.45) is 0 Å². The van der Waals surface area contributed by atoms with Crippen LogP contribution in [-0.4, -0.2) is 33.7 Å². The van der Waals surface area contributed by atoms with Crippen molar-refractivity contribution in [2.75, 3.05) is 11.8 Å². The van der Waals surface area contributed by atoms with Crippen molar-refractivity contribution in [3.63, 3.8) is 0 Å². The van der Waals surface area contributed by atoms with E-state index >= 15 is 0 Å². The Morgan fingerprint density at radius 3 is 2.48 bits per heavy atom. The number of anilines is 1. The van der Waals surface area contributed by atoms with Crippen LogP contribution >= 0.6 is 0 Å². The van der Waals surface area contributed by atoms with E-state index in [0.717, 1.165) is 0 Å². The first-order chi connectivity index (χ1) is 9.73. The van der Waals surface area contributed by atoms with Crippen LogP contribution in [-0.2, 0) is 19.7 Å². The zero-order valence-electron chi connectivity index (χ0n) is 11.7. The van der Waals surface area contributed by atoms with Crippen molar-refractivity contribution >= 4 is 28.0 Å². The second-order valence-electron chi connectivity index (χ2n) is 4.23. The zero-order chi connectivity index (χ0) is 16.0. The summed E-state index contributed by atoms with van der Waals surface area (Å²) in [5.41, 5.74) is 0.269. The molecular weight excluding hydrogens is 300 g/mol. The Morgan fingerprint density at radius 2 is 1.90 bits per heavy atom. The van der Waals surface area contributed by atoms with E-state index < -0.39 is 28.4 Å². The molecule has 21 heavy (non-hydrogen) atoms. The van der Waals surface area contributed by atoms with Gasteiger partial charge in [-0.15, -0.1) is 0 Å². The molecule has 0 spiro atoms. The highest BCUT2D eigenvalue weighted by Gasteiger charge is 2.17. The molecule has 1 rings (SSSR count). The van der Waals surface area contributed by atoms with Gasteiger partial charge in [0.2, 0.25) is 0 Å². The Balaban J connectivity index is 2.80. The standard InChI is InChI=1S/C12H16N2O6S/c1-8(2)20-12(16)14-21(17,18)13-10-6-4-5-9(7-10)11(15)19-3/h4-8,13H,1-3H3,(H,14,16). The van der Waals surface area contributed by atoms with Crippen LogP contribution in [0.5, 0.6) is 0 Å². The molecule has 116 valence electrons. The number of rotatable bonds is 5. The van der Waals surface area contributed by atoms with Gasteiger partial charge in [0.05, 0.1) is 24.5 Å². The Bertz CT molecular complexity index is 626. The maximum atomic E-state index is 11.7. The SMILES string of the molecule is COC(=O)c1cccc(NS(=O)(=O)NC(=O)OC(C)C)c1. The monoisotopic (exact) mass is 316 g/mol. The molecule has 0 saturated heterocycles. The van der Waals surface area contributed by atoms with Gasteiger partial charge in [0.15, 0.2) is 0 Å². The van der Waals surface area contributed by atoms with Crippen molar-refractivity contribution in [3.05, 3.63) is 29.8 Å². The van der Waals surface area contributed by atoms with Crippen molar-refractivity contribution in [1.29, 1.82) is 0 Å². The minimum atomic E-state index is -4.16. The van der Waals surface area contributed by atoms with Crippen LogP contribution in [0.4, 0.5) is 10.5 Å². The van der Waals surface area contributed by atoms with Gasteiger partial charge in [0.1, 0.15) is 0 Å². The fourth-order valence-electron chi connectivity index (χ4n) is 1.36. The van der Waals surface area contributed by atoms with E-state index in [1.807, 2.05) is 0 Å². The molecule has 0 heterocycles. The Kier molecular flexibility index (Phi) is 5.53. The second kappa shape index (κ2) is 6.93. The molecular formula is C12H16N2O6S. The van der Waals surface area contributed by atoms with Crippen molar-refractivity contribution in [3.8, 4) is 0 Å². The van der Waals surface area contributed by atoms with E-state index in [1.54, 1.807) is 18.6 Å². The summed E-state index contributed by atoms with van der Waals surface area (Å²) in [7, 11) is -2.94. The van der Waals surface area contributed by atoms with E-state index in [9.17, 15) is 18.0 Å². The molecule has 8 nitrogen and oxygen atoms in total. The number of hydrogen-bond acceptors (Lipinski definition) is 6. The third-order valence-corrected chi connectivity index (χ3v) is 3.04. The summed E-state index contributed by atoms with van der Waals surface area (Å²) in [6.07, 6.45) is -1.55. The molecule has 2 N–H and O–H groups in total. The van der Waals surface area contributed by atoms with Crippen LogP contribution in [0.15, 0.2) is 24.3 Å². The molecule has 0 radical (unpaired) electrons. The maximum Gasteiger partial charge on any atom is 0.422 e. The number of methoxy groups -OCH3 is 1. The first-order valence-electron chi connectivity index (χ1n) is 5.93. The van der Waals surface area contributed by atoms with Crippen molar-refractivity contribution in [1.82, 2.24) is 4.72 Å². The van der Waals surface area contributed by atoms with E-state index in [1.165, 1.54) is 31.4 Å². The highest BCUT2D eigenvalue weighted by atomic mass is 32.2. The minimum Gasteiger partial charge on any atom is -0.465 e. The van der Waals surface area contributed by atoms with E-state index in [0.29, 0.717) is 0 Å². The lowest BCUT2D eigenvalue weighted by Gasteiger charge is -2.11. The van der Waals surface area contributed by atoms with Crippen LogP contribution in [0.1, 0.15) is 24.2 Å². The molecule has 0 aromatic heterocycles. The summed E-state index contributed by atoms with van der Waals surface area (Å²) in [4.78, 5) is 22.6. The number of nitrogens with one attached hydrogen (secondary N) is 2. The molecule has 0 fully saturated rings. The first kappa shape index (κ1) is 16.8. The van der Waals surface area contributed by atoms with E-state index in [4.69, 9.17) is 0 Å². The highest BCUT2D eigenvalue weighted by molar-refractivity contribution is 7.91. The minimum absolute atomic E-state index is 0.0998. The van der Waals surface area contributed by atoms with E-state index in [2.05, 4.69) is 14.2 Å². The summed E-state index contributed by atoms with van der Waals surface area (Å²) in [5, 5.41) is 0. The summed E-state index contributed by atoms with van der Waals surface area (Å²) >= 11 is 0. The molecule has 1 amide bonds. The third-order valence-electron chi connectivity index (χ3n) is 2.10. The number of carbonyl (C=O) groups excluding carboxylic acids is 2. The zero-order valence-corrected chi connectivity index (χ0v) is 12.6. The summed E-state index contributed by atoms with van der Waals surface area (Å²) in [6.45, 7) is 3.17. The van der Waals surface area contributed by atoms with Crippen molar-refractivity contribution < 1.29 is 27.5 Å². The number of ether oxygens (including phenoxy) is 2. The van der Waals surface area contributed by atoms with Gasteiger partial charge in [-0.3, -0.25) is 4.72 Å². The molecule has 0 unspecified atom stereocenters. The van der Waals surface area contributed by atoms with Crippen LogP contribution in [0.2, 0.25) is 0 Å². The first-order valence-corrected chi connectivity index (χ1v) is 7.41. The van der Waals surface area contributed by atoms with Gasteiger partial charge in [-0.2, -0.15) is 8.42 Å². The van der Waals surface area contributed by atoms with Crippen LogP contribution < -0.4 is 9.44 Å². The number of benzene rings is 1. The van der Waals surface area contributed by atoms with Crippen LogP contribution in [0.25, 0.3) is 0 Å². The molecule has 0 atom stereocenters. The predicted molar refractivity (Wildman–Crippen MR) is 75.1 cm³/mol. The number of carbonyl (C=O) groups is 2. The van der Waals surface area contributed by atoms with Gasteiger partial charge < -0.3 is 9.47 Å². The summed E-state index contributed by atoms with van der Waals surface area (Å²) in [5.74, 6) is -0.608. The van der Waals surface area contributed by atoms with Gasteiger partial charge in [-0.1, -0.05) is 6.07 Å². The molecule has 0 saturated carbocycles. The Hall–Kier alpha value is -2.29. The molecule has 0 aliphatic rings. The van der Waals surface area contributed by atoms with Gasteiger partial charge in [-0.25, -0.2) is 14.3 Å². The molecule has 0 bridgehead atoms. The van der Waals surface area contributed by atoms with Gasteiger partial charge in [-0.05, 0) is 32.0 Å². The summed E-state index contributed by atoms with van der Waals surface area (Å²) < 4.78 is 36.4. The smallest absolute Gasteiger partial charge is 0.422 e. The fraction of sp³-hybridized carbons (Fsp3) is 0.333. The molecule has 1 aromatic carbocycles. The lowest BCUT2D eigenvalue weighted by molar-refractivity contribution is 0.0600. The third kappa shape index (κ3) is 5.69. The van der Waals surface area contributed by atoms with Crippen LogP contribution in [0, 0.1) is 0 Å². The lowest BCUT2D eigenvalue weighted by atomic mass is 10.2. The molecule has 1 aromatic rings. The average Bonchev–Trinajstić information content (AvgIpc) is 2.35. The Labute approximate surface area is 122 Å². The number of esters is 1. The quantitative estimate of drug-likeness (QED) is 0.791. The molecule has 0 aliphatic heterocycles. The van der Waals surface area contributed by atoms with Crippen LogP contribution in [0.3, 0.4) is 0 Å². The number of amides is 1. The molecule has 0 aliphatic carbocycles. The second-order valence-corrected chi connectivity index (χ2v) is 5.65. The average molecular weight is 316 g/mol. The summed E-state index contributed by atoms with van der Waals surface area (Å²) in [6, 6.07) is 5.62. The topological polar surface area (TPSA) is 111 Å². The highest BCUT2D eigenvalue weighted by Crippen LogP contribution is 2.12. The maximum absolute atomic E-state index is 11.7. The molecule has 9 heteroatoms. The fourth-order valence-corrected chi connectivity index (χ4v) is 2.11. The number of hydrogen-bond donors (Lipinski definition) is 2. The van der Waals surface area contributed by atoms with Gasteiger partial charge in [0, 0.05) is 0 Å².